The van der Waals surface area contributed by atoms with Gasteiger partial charge in [-0.05, 0) is 19.8 Å². The van der Waals surface area contributed by atoms with Crippen LogP contribution in [-0.4, -0.2) is 78.9 Å². The third-order valence-electron chi connectivity index (χ3n) is 3.22. The first-order valence-corrected chi connectivity index (χ1v) is 6.94. The molecule has 120 valence electrons. The van der Waals surface area contributed by atoms with E-state index >= 15 is 0 Å². The summed E-state index contributed by atoms with van der Waals surface area (Å²) in [5, 5.41) is 8.89. The molecule has 8 heteroatoms. The van der Waals surface area contributed by atoms with E-state index in [1.54, 1.807) is 6.92 Å². The summed E-state index contributed by atoms with van der Waals surface area (Å²) in [5.74, 6) is -1.54. The van der Waals surface area contributed by atoms with E-state index in [0.717, 1.165) is 0 Å². The Bertz CT molecular complexity index is 387. The Kier molecular flexibility index (Phi) is 6.93. The van der Waals surface area contributed by atoms with Gasteiger partial charge in [-0.2, -0.15) is 0 Å². The van der Waals surface area contributed by atoms with Gasteiger partial charge < -0.3 is 24.4 Å². The number of nitrogens with zero attached hydrogens (tertiary/aromatic N) is 2. The van der Waals surface area contributed by atoms with Crippen molar-refractivity contribution >= 4 is 18.0 Å². The monoisotopic (exact) mass is 302 g/mol. The van der Waals surface area contributed by atoms with Crippen LogP contribution in [0, 0.1) is 0 Å². The maximum Gasteiger partial charge on any atom is 0.328 e. The standard InChI is InChI=1S/C13H22N2O6/c1-3-21-12(18)10-5-4-6-15(10)13(19)14(7-8-20-2)9-11(16)17/h10H,3-9H2,1-2H3,(H,16,17). The molecule has 0 radical (unpaired) electrons. The second-order valence-corrected chi connectivity index (χ2v) is 4.69. The third-order valence-corrected chi connectivity index (χ3v) is 3.22. The highest BCUT2D eigenvalue weighted by Gasteiger charge is 2.37. The summed E-state index contributed by atoms with van der Waals surface area (Å²) in [7, 11) is 1.47. The topological polar surface area (TPSA) is 96.4 Å². The zero-order chi connectivity index (χ0) is 15.8. The Morgan fingerprint density at radius 1 is 1.38 bits per heavy atom. The van der Waals surface area contributed by atoms with E-state index < -0.39 is 30.6 Å². The summed E-state index contributed by atoms with van der Waals surface area (Å²) in [6, 6.07) is -1.10. The van der Waals surface area contributed by atoms with Crippen LogP contribution < -0.4 is 0 Å². The minimum Gasteiger partial charge on any atom is -0.480 e. The number of carboxylic acid groups (broad SMARTS) is 1. The predicted octanol–water partition coefficient (Wildman–Crippen LogP) is 0.167. The van der Waals surface area contributed by atoms with Gasteiger partial charge in [-0.25, -0.2) is 9.59 Å². The maximum absolute atomic E-state index is 12.4. The SMILES string of the molecule is CCOC(=O)C1CCCN1C(=O)N(CCOC)CC(=O)O. The molecule has 1 unspecified atom stereocenters. The average molecular weight is 302 g/mol. The van der Waals surface area contributed by atoms with Crippen molar-refractivity contribution in [3.8, 4) is 0 Å². The fourth-order valence-corrected chi connectivity index (χ4v) is 2.27. The van der Waals surface area contributed by atoms with Gasteiger partial charge in [-0.1, -0.05) is 0 Å². The van der Waals surface area contributed by atoms with E-state index in [0.29, 0.717) is 19.4 Å². The molecule has 1 saturated heterocycles. The van der Waals surface area contributed by atoms with Gasteiger partial charge in [-0.15, -0.1) is 0 Å². The summed E-state index contributed by atoms with van der Waals surface area (Å²) in [6.07, 6.45) is 1.23. The molecule has 1 N–H and O–H groups in total. The molecule has 21 heavy (non-hydrogen) atoms. The van der Waals surface area contributed by atoms with Crippen molar-refractivity contribution in [1.29, 1.82) is 0 Å². The van der Waals surface area contributed by atoms with E-state index in [1.165, 1.54) is 16.9 Å². The number of esters is 1. The minimum atomic E-state index is -1.11. The number of urea groups is 1. The fourth-order valence-electron chi connectivity index (χ4n) is 2.27. The first-order chi connectivity index (χ1) is 10.0. The van der Waals surface area contributed by atoms with E-state index in [1.807, 2.05) is 0 Å². The number of hydrogen-bond acceptors (Lipinski definition) is 5. The highest BCUT2D eigenvalue weighted by atomic mass is 16.5. The minimum absolute atomic E-state index is 0.160. The van der Waals surface area contributed by atoms with Crippen molar-refractivity contribution in [3.63, 3.8) is 0 Å². The van der Waals surface area contributed by atoms with Crippen molar-refractivity contribution in [3.05, 3.63) is 0 Å². The lowest BCUT2D eigenvalue weighted by molar-refractivity contribution is -0.147. The number of rotatable bonds is 7. The van der Waals surface area contributed by atoms with Crippen LogP contribution in [0.5, 0.6) is 0 Å². The molecule has 1 aliphatic heterocycles. The highest BCUT2D eigenvalue weighted by molar-refractivity contribution is 5.86. The molecule has 1 aliphatic rings. The zero-order valence-corrected chi connectivity index (χ0v) is 12.4. The molecule has 0 aromatic rings. The Balaban J connectivity index is 2.75. The largest absolute Gasteiger partial charge is 0.480 e. The van der Waals surface area contributed by atoms with Crippen LogP contribution in [0.15, 0.2) is 0 Å². The molecule has 1 atom stereocenters. The van der Waals surface area contributed by atoms with E-state index in [9.17, 15) is 14.4 Å². The molecule has 0 spiro atoms. The number of likely N-dealkylation sites (tertiary alicyclic amines) is 1. The molecule has 2 amide bonds. The third kappa shape index (κ3) is 4.89. The van der Waals surface area contributed by atoms with Crippen LogP contribution in [0.25, 0.3) is 0 Å². The molecule has 0 bridgehead atoms. The summed E-state index contributed by atoms with van der Waals surface area (Å²) < 4.78 is 9.84. The molecule has 0 aromatic carbocycles. The summed E-state index contributed by atoms with van der Waals surface area (Å²) >= 11 is 0. The van der Waals surface area contributed by atoms with Crippen molar-refractivity contribution in [2.24, 2.45) is 0 Å². The predicted molar refractivity (Wildman–Crippen MR) is 72.8 cm³/mol. The van der Waals surface area contributed by atoms with Gasteiger partial charge >= 0.3 is 18.0 Å². The van der Waals surface area contributed by atoms with E-state index in [2.05, 4.69) is 0 Å². The van der Waals surface area contributed by atoms with Crippen molar-refractivity contribution in [2.75, 3.05) is 40.0 Å². The second-order valence-electron chi connectivity index (χ2n) is 4.69. The van der Waals surface area contributed by atoms with Crippen LogP contribution in [0.4, 0.5) is 4.79 Å². The van der Waals surface area contributed by atoms with Crippen LogP contribution in [0.2, 0.25) is 0 Å². The van der Waals surface area contributed by atoms with Crippen molar-refractivity contribution in [1.82, 2.24) is 9.80 Å². The molecule has 0 aliphatic carbocycles. The summed E-state index contributed by atoms with van der Waals surface area (Å²) in [5.41, 5.74) is 0. The van der Waals surface area contributed by atoms with Gasteiger partial charge in [0.15, 0.2) is 0 Å². The Morgan fingerprint density at radius 3 is 2.67 bits per heavy atom. The van der Waals surface area contributed by atoms with Gasteiger partial charge in [0.1, 0.15) is 12.6 Å². The first-order valence-electron chi connectivity index (χ1n) is 6.94. The van der Waals surface area contributed by atoms with Crippen molar-refractivity contribution < 1.29 is 29.0 Å². The Hall–Kier alpha value is -1.83. The second kappa shape index (κ2) is 8.46. The normalized spacial score (nSPS) is 17.6. The van der Waals surface area contributed by atoms with Crippen LogP contribution >= 0.6 is 0 Å². The number of aliphatic carboxylic acids is 1. The lowest BCUT2D eigenvalue weighted by atomic mass is 10.2. The van der Waals surface area contributed by atoms with Gasteiger partial charge in [0.2, 0.25) is 0 Å². The molecular formula is C13H22N2O6. The number of carbonyl (C=O) groups excluding carboxylic acids is 2. The number of carbonyl (C=O) groups is 3. The molecule has 1 fully saturated rings. The fraction of sp³-hybridized carbons (Fsp3) is 0.769. The molecule has 1 rings (SSSR count). The summed E-state index contributed by atoms with van der Waals surface area (Å²) in [4.78, 5) is 37.7. The number of amides is 2. The zero-order valence-electron chi connectivity index (χ0n) is 12.4. The number of methoxy groups -OCH3 is 1. The molecule has 0 aromatic heterocycles. The van der Waals surface area contributed by atoms with E-state index in [-0.39, 0.29) is 19.8 Å². The molecule has 1 heterocycles. The van der Waals surface area contributed by atoms with Crippen LogP contribution in [-0.2, 0) is 19.1 Å². The van der Waals surface area contributed by atoms with Crippen molar-refractivity contribution in [2.45, 2.75) is 25.8 Å². The lowest BCUT2D eigenvalue weighted by Gasteiger charge is -2.29. The highest BCUT2D eigenvalue weighted by Crippen LogP contribution is 2.20. The van der Waals surface area contributed by atoms with Gasteiger partial charge in [0.25, 0.3) is 0 Å². The average Bonchev–Trinajstić information content (AvgIpc) is 2.92. The molecule has 0 saturated carbocycles. The van der Waals surface area contributed by atoms with Gasteiger partial charge in [0, 0.05) is 20.2 Å². The number of ether oxygens (including phenoxy) is 2. The Labute approximate surface area is 123 Å². The Morgan fingerprint density at radius 2 is 2.10 bits per heavy atom. The maximum atomic E-state index is 12.4. The van der Waals surface area contributed by atoms with Crippen LogP contribution in [0.3, 0.4) is 0 Å². The first kappa shape index (κ1) is 17.2. The summed E-state index contributed by atoms with van der Waals surface area (Å²) in [6.45, 7) is 2.35. The van der Waals surface area contributed by atoms with Crippen LogP contribution in [0.1, 0.15) is 19.8 Å². The number of carboxylic acids is 1. The van der Waals surface area contributed by atoms with E-state index in [4.69, 9.17) is 14.6 Å². The molecular weight excluding hydrogens is 280 g/mol. The lowest BCUT2D eigenvalue weighted by Crippen LogP contribution is -2.50. The molecule has 8 nitrogen and oxygen atoms in total. The quantitative estimate of drug-likeness (QED) is 0.673. The smallest absolute Gasteiger partial charge is 0.328 e. The van der Waals surface area contributed by atoms with Gasteiger partial charge in [0.05, 0.1) is 13.2 Å². The van der Waals surface area contributed by atoms with Gasteiger partial charge in [-0.3, -0.25) is 4.79 Å². The number of hydrogen-bond donors (Lipinski definition) is 1.